The lowest BCUT2D eigenvalue weighted by molar-refractivity contribution is 0.0984. The average molecular weight is 268 g/mol. The van der Waals surface area contributed by atoms with Crippen molar-refractivity contribution in [2.45, 2.75) is 12.8 Å². The number of carbonyl (C=O) groups is 1. The number of benzene rings is 1. The molecule has 0 saturated carbocycles. The van der Waals surface area contributed by atoms with Crippen molar-refractivity contribution >= 4 is 11.6 Å². The van der Waals surface area contributed by atoms with Crippen molar-refractivity contribution in [1.29, 1.82) is 0 Å². The largest absolute Gasteiger partial charge is 0.318 e. The normalized spacial score (nSPS) is 13.9. The lowest BCUT2D eigenvalue weighted by atomic mass is 10.0. The summed E-state index contributed by atoms with van der Waals surface area (Å²) < 4.78 is 1.43. The highest BCUT2D eigenvalue weighted by Crippen LogP contribution is 2.27. The number of carbonyl (C=O) groups excluding carboxylic acids is 1. The van der Waals surface area contributed by atoms with Gasteiger partial charge in [0.15, 0.2) is 0 Å². The topological polar surface area (TPSA) is 42.3 Å². The molecule has 2 heterocycles. The molecule has 20 heavy (non-hydrogen) atoms. The summed E-state index contributed by atoms with van der Waals surface area (Å²) in [6, 6.07) is 11.0. The maximum Gasteiger partial charge on any atom is 0.259 e. The van der Waals surface area contributed by atoms with Gasteiger partial charge in [0.2, 0.25) is 5.56 Å². The fourth-order valence-corrected chi connectivity index (χ4v) is 2.62. The van der Waals surface area contributed by atoms with Crippen LogP contribution in [0.1, 0.15) is 22.3 Å². The van der Waals surface area contributed by atoms with Gasteiger partial charge in [-0.15, -0.1) is 0 Å². The maximum absolute atomic E-state index is 12.6. The highest BCUT2D eigenvalue weighted by atomic mass is 16.2. The molecule has 4 nitrogen and oxygen atoms in total. The minimum atomic E-state index is -0.111. The van der Waals surface area contributed by atoms with Gasteiger partial charge in [0, 0.05) is 31.5 Å². The van der Waals surface area contributed by atoms with E-state index in [1.807, 2.05) is 18.2 Å². The lowest BCUT2D eigenvalue weighted by Gasteiger charge is -2.29. The molecule has 1 aliphatic rings. The SMILES string of the molecule is Cn1cc(C(=O)N2CCCc3ccccc32)ccc1=O. The van der Waals surface area contributed by atoms with Crippen LogP contribution in [-0.2, 0) is 13.5 Å². The van der Waals surface area contributed by atoms with Crippen LogP contribution < -0.4 is 10.5 Å². The molecule has 0 fully saturated rings. The number of hydrogen-bond acceptors (Lipinski definition) is 2. The Bertz CT molecular complexity index is 718. The van der Waals surface area contributed by atoms with Crippen LogP contribution in [0.15, 0.2) is 47.4 Å². The van der Waals surface area contributed by atoms with Gasteiger partial charge in [-0.2, -0.15) is 0 Å². The van der Waals surface area contributed by atoms with E-state index >= 15 is 0 Å². The summed E-state index contributed by atoms with van der Waals surface area (Å²) in [5.74, 6) is -0.0484. The molecule has 1 aromatic carbocycles. The average Bonchev–Trinajstić information content (AvgIpc) is 2.49. The van der Waals surface area contributed by atoms with E-state index in [1.165, 1.54) is 16.2 Å². The summed E-state index contributed by atoms with van der Waals surface area (Å²) >= 11 is 0. The van der Waals surface area contributed by atoms with Gasteiger partial charge < -0.3 is 9.47 Å². The maximum atomic E-state index is 12.6. The number of aryl methyl sites for hydroxylation is 2. The molecular formula is C16H16N2O2. The molecule has 0 spiro atoms. The van der Waals surface area contributed by atoms with Gasteiger partial charge in [-0.3, -0.25) is 9.59 Å². The van der Waals surface area contributed by atoms with Gasteiger partial charge in [-0.05, 0) is 30.5 Å². The van der Waals surface area contributed by atoms with E-state index in [2.05, 4.69) is 6.07 Å². The standard InChI is InChI=1S/C16H16N2O2/c1-17-11-13(8-9-15(17)19)16(20)18-10-4-6-12-5-2-3-7-14(12)18/h2-3,5,7-9,11H,4,6,10H2,1H3. The van der Waals surface area contributed by atoms with Crippen LogP contribution in [0.3, 0.4) is 0 Å². The number of amides is 1. The van der Waals surface area contributed by atoms with Crippen LogP contribution >= 0.6 is 0 Å². The van der Waals surface area contributed by atoms with Gasteiger partial charge in [0.1, 0.15) is 0 Å². The second-order valence-electron chi connectivity index (χ2n) is 5.06. The van der Waals surface area contributed by atoms with Crippen LogP contribution in [0, 0.1) is 0 Å². The van der Waals surface area contributed by atoms with Crippen molar-refractivity contribution in [1.82, 2.24) is 4.57 Å². The second kappa shape index (κ2) is 4.96. The molecule has 0 saturated heterocycles. The lowest BCUT2D eigenvalue weighted by Crippen LogP contribution is -2.36. The number of hydrogen-bond donors (Lipinski definition) is 0. The van der Waals surface area contributed by atoms with Crippen LogP contribution in [0.4, 0.5) is 5.69 Å². The van der Waals surface area contributed by atoms with E-state index in [9.17, 15) is 9.59 Å². The summed E-state index contributed by atoms with van der Waals surface area (Å²) in [5, 5.41) is 0. The van der Waals surface area contributed by atoms with Crippen LogP contribution in [-0.4, -0.2) is 17.0 Å². The molecule has 1 aliphatic heterocycles. The summed E-state index contributed by atoms with van der Waals surface area (Å²) in [6.45, 7) is 0.721. The van der Waals surface area contributed by atoms with Crippen molar-refractivity contribution in [3.05, 3.63) is 64.1 Å². The van der Waals surface area contributed by atoms with Crippen molar-refractivity contribution in [3.63, 3.8) is 0 Å². The zero-order chi connectivity index (χ0) is 14.1. The van der Waals surface area contributed by atoms with E-state index in [1.54, 1.807) is 24.2 Å². The van der Waals surface area contributed by atoms with E-state index in [4.69, 9.17) is 0 Å². The predicted octanol–water partition coefficient (Wildman–Crippen LogP) is 1.98. The molecule has 0 bridgehead atoms. The third-order valence-electron chi connectivity index (χ3n) is 3.69. The monoisotopic (exact) mass is 268 g/mol. The molecule has 2 aromatic rings. The van der Waals surface area contributed by atoms with Crippen molar-refractivity contribution in [2.24, 2.45) is 7.05 Å². The number of anilines is 1. The fraction of sp³-hybridized carbons (Fsp3) is 0.250. The van der Waals surface area contributed by atoms with Crippen molar-refractivity contribution in [2.75, 3.05) is 11.4 Å². The van der Waals surface area contributed by atoms with Crippen LogP contribution in [0.25, 0.3) is 0 Å². The molecule has 0 N–H and O–H groups in total. The molecule has 102 valence electrons. The zero-order valence-electron chi connectivity index (χ0n) is 11.4. The van der Waals surface area contributed by atoms with Crippen molar-refractivity contribution < 1.29 is 4.79 Å². The quantitative estimate of drug-likeness (QED) is 0.793. The highest BCUT2D eigenvalue weighted by molar-refractivity contribution is 6.06. The molecule has 0 radical (unpaired) electrons. The van der Waals surface area contributed by atoms with E-state index in [0.29, 0.717) is 5.56 Å². The Hall–Kier alpha value is -2.36. The molecular weight excluding hydrogens is 252 g/mol. The number of pyridine rings is 1. The van der Waals surface area contributed by atoms with E-state index < -0.39 is 0 Å². The van der Waals surface area contributed by atoms with Gasteiger partial charge in [-0.1, -0.05) is 18.2 Å². The van der Waals surface area contributed by atoms with Gasteiger partial charge in [-0.25, -0.2) is 0 Å². The molecule has 3 rings (SSSR count). The Kier molecular flexibility index (Phi) is 3.14. The predicted molar refractivity (Wildman–Crippen MR) is 78.1 cm³/mol. The first-order valence-electron chi connectivity index (χ1n) is 6.73. The van der Waals surface area contributed by atoms with E-state index in [-0.39, 0.29) is 11.5 Å². The Morgan fingerprint density at radius 3 is 2.75 bits per heavy atom. The first-order valence-corrected chi connectivity index (χ1v) is 6.73. The highest BCUT2D eigenvalue weighted by Gasteiger charge is 2.23. The number of para-hydroxylation sites is 1. The number of fused-ring (bicyclic) bond motifs is 1. The first-order chi connectivity index (χ1) is 9.66. The van der Waals surface area contributed by atoms with Gasteiger partial charge >= 0.3 is 0 Å². The summed E-state index contributed by atoms with van der Waals surface area (Å²) in [7, 11) is 1.66. The Morgan fingerprint density at radius 1 is 1.15 bits per heavy atom. The first kappa shape index (κ1) is 12.7. The Morgan fingerprint density at radius 2 is 1.95 bits per heavy atom. The van der Waals surface area contributed by atoms with Crippen LogP contribution in [0.5, 0.6) is 0 Å². The number of rotatable bonds is 1. The van der Waals surface area contributed by atoms with Gasteiger partial charge in [0.25, 0.3) is 5.91 Å². The zero-order valence-corrected chi connectivity index (χ0v) is 11.4. The summed E-state index contributed by atoms with van der Waals surface area (Å²) in [6.07, 6.45) is 3.57. The molecule has 1 aromatic heterocycles. The minimum absolute atomic E-state index is 0.0484. The fourth-order valence-electron chi connectivity index (χ4n) is 2.62. The molecule has 0 atom stereocenters. The third kappa shape index (κ3) is 2.13. The molecule has 1 amide bonds. The second-order valence-corrected chi connectivity index (χ2v) is 5.06. The smallest absolute Gasteiger partial charge is 0.259 e. The van der Waals surface area contributed by atoms with Crippen molar-refractivity contribution in [3.8, 4) is 0 Å². The summed E-state index contributed by atoms with van der Waals surface area (Å²) in [4.78, 5) is 25.8. The minimum Gasteiger partial charge on any atom is -0.318 e. The van der Waals surface area contributed by atoms with Gasteiger partial charge in [0.05, 0.1) is 5.56 Å². The number of nitrogens with zero attached hydrogens (tertiary/aromatic N) is 2. The summed E-state index contributed by atoms with van der Waals surface area (Å²) in [5.41, 5.74) is 2.62. The third-order valence-corrected chi connectivity index (χ3v) is 3.69. The number of aromatic nitrogens is 1. The molecule has 0 aliphatic carbocycles. The Labute approximate surface area is 117 Å². The molecule has 4 heteroatoms. The van der Waals surface area contributed by atoms with E-state index in [0.717, 1.165) is 25.1 Å². The molecule has 0 unspecified atom stereocenters. The Balaban J connectivity index is 1.99. The van der Waals surface area contributed by atoms with Crippen LogP contribution in [0.2, 0.25) is 0 Å².